The molecule has 0 aliphatic rings. The van der Waals surface area contributed by atoms with Crippen molar-refractivity contribution in [3.8, 4) is 0 Å². The van der Waals surface area contributed by atoms with Crippen molar-refractivity contribution < 1.29 is 13.2 Å². The number of sulfonamides is 1. The van der Waals surface area contributed by atoms with Gasteiger partial charge in [-0.2, -0.15) is 0 Å². The monoisotopic (exact) mass is 429 g/mol. The molecule has 2 aromatic heterocycles. The van der Waals surface area contributed by atoms with Gasteiger partial charge in [-0.15, -0.1) is 11.3 Å². The summed E-state index contributed by atoms with van der Waals surface area (Å²) in [5, 5.41) is 1.96. The number of aromatic nitrogens is 1. The SMILES string of the molecule is CC(c1ccncc1)N(C)C(=O)c1ccc(S(=O)(=O)NCCc2cccs2)cc1. The minimum absolute atomic E-state index is 0.132. The molecule has 0 aliphatic heterocycles. The Bertz CT molecular complexity index is 1030. The maximum Gasteiger partial charge on any atom is 0.254 e. The molecule has 152 valence electrons. The second-order valence-electron chi connectivity index (χ2n) is 6.62. The molecule has 3 aromatic rings. The Labute approximate surface area is 175 Å². The average molecular weight is 430 g/mol. The van der Waals surface area contributed by atoms with Gasteiger partial charge in [-0.1, -0.05) is 6.07 Å². The number of nitrogens with zero attached hydrogens (tertiary/aromatic N) is 2. The first-order valence-corrected chi connectivity index (χ1v) is 11.5. The zero-order chi connectivity index (χ0) is 20.9. The van der Waals surface area contributed by atoms with Crippen LogP contribution in [0.25, 0.3) is 0 Å². The van der Waals surface area contributed by atoms with Gasteiger partial charge in [-0.3, -0.25) is 9.78 Å². The normalized spacial score (nSPS) is 12.5. The molecule has 6 nitrogen and oxygen atoms in total. The van der Waals surface area contributed by atoms with Gasteiger partial charge >= 0.3 is 0 Å². The van der Waals surface area contributed by atoms with Crippen LogP contribution < -0.4 is 4.72 Å². The molecular formula is C21H23N3O3S2. The van der Waals surface area contributed by atoms with Crippen LogP contribution in [0.2, 0.25) is 0 Å². The van der Waals surface area contributed by atoms with Gasteiger partial charge in [0.2, 0.25) is 10.0 Å². The van der Waals surface area contributed by atoms with Gasteiger partial charge in [-0.05, 0) is 66.8 Å². The van der Waals surface area contributed by atoms with Crippen LogP contribution in [-0.4, -0.2) is 37.8 Å². The van der Waals surface area contributed by atoms with Crippen LogP contribution >= 0.6 is 11.3 Å². The third-order valence-electron chi connectivity index (χ3n) is 4.74. The summed E-state index contributed by atoms with van der Waals surface area (Å²) in [6, 6.07) is 13.5. The predicted octanol–water partition coefficient (Wildman–Crippen LogP) is 3.50. The Morgan fingerprint density at radius 1 is 1.14 bits per heavy atom. The number of carbonyl (C=O) groups excluding carboxylic acids is 1. The van der Waals surface area contributed by atoms with Gasteiger partial charge in [0.15, 0.2) is 0 Å². The smallest absolute Gasteiger partial charge is 0.254 e. The standard InChI is InChI=1S/C21H23N3O3S2/c1-16(17-9-12-22-13-10-17)24(2)21(25)18-5-7-20(8-6-18)29(26,27)23-14-11-19-4-3-15-28-19/h3-10,12-13,15-16,23H,11,14H2,1-2H3. The first-order chi connectivity index (χ1) is 13.9. The Kier molecular flexibility index (Phi) is 6.79. The van der Waals surface area contributed by atoms with Crippen LogP contribution in [0.3, 0.4) is 0 Å². The highest BCUT2D eigenvalue weighted by Crippen LogP contribution is 2.21. The number of hydrogen-bond donors (Lipinski definition) is 1. The van der Waals surface area contributed by atoms with Crippen LogP contribution in [0.1, 0.15) is 33.8 Å². The number of hydrogen-bond acceptors (Lipinski definition) is 5. The summed E-state index contributed by atoms with van der Waals surface area (Å²) in [7, 11) is -1.89. The molecule has 1 atom stereocenters. The second-order valence-corrected chi connectivity index (χ2v) is 9.42. The molecular weight excluding hydrogens is 406 g/mol. The van der Waals surface area contributed by atoms with Crippen molar-refractivity contribution in [3.05, 3.63) is 82.3 Å². The van der Waals surface area contributed by atoms with Crippen LogP contribution in [0.15, 0.2) is 71.2 Å². The molecule has 0 saturated heterocycles. The Morgan fingerprint density at radius 3 is 2.45 bits per heavy atom. The van der Waals surface area contributed by atoms with Crippen LogP contribution in [0.4, 0.5) is 0 Å². The summed E-state index contributed by atoms with van der Waals surface area (Å²) in [6.45, 7) is 2.26. The van der Waals surface area contributed by atoms with Crippen LogP contribution in [0, 0.1) is 0 Å². The molecule has 0 radical (unpaired) electrons. The molecule has 1 amide bonds. The summed E-state index contributed by atoms with van der Waals surface area (Å²) in [6.07, 6.45) is 4.02. The predicted molar refractivity (Wildman–Crippen MR) is 114 cm³/mol. The molecule has 1 unspecified atom stereocenters. The average Bonchev–Trinajstić information content (AvgIpc) is 3.26. The van der Waals surface area contributed by atoms with E-state index in [9.17, 15) is 13.2 Å². The fourth-order valence-electron chi connectivity index (χ4n) is 2.87. The number of nitrogens with one attached hydrogen (secondary N) is 1. The molecule has 0 aliphatic carbocycles. The van der Waals surface area contributed by atoms with Gasteiger partial charge in [0.05, 0.1) is 10.9 Å². The van der Waals surface area contributed by atoms with Gasteiger partial charge in [0.1, 0.15) is 0 Å². The highest BCUT2D eigenvalue weighted by atomic mass is 32.2. The number of amides is 1. The first kappa shape index (κ1) is 21.2. The molecule has 0 spiro atoms. The summed E-state index contributed by atoms with van der Waals surface area (Å²) in [5.41, 5.74) is 1.41. The molecule has 29 heavy (non-hydrogen) atoms. The molecule has 1 N–H and O–H groups in total. The fraction of sp³-hybridized carbons (Fsp3) is 0.238. The topological polar surface area (TPSA) is 79.4 Å². The van der Waals surface area contributed by atoms with Crippen molar-refractivity contribution in [2.45, 2.75) is 24.3 Å². The molecule has 0 fully saturated rings. The lowest BCUT2D eigenvalue weighted by Crippen LogP contribution is -2.30. The van der Waals surface area contributed by atoms with Gasteiger partial charge in [0.25, 0.3) is 5.91 Å². The third-order valence-corrected chi connectivity index (χ3v) is 7.16. The van der Waals surface area contributed by atoms with Crippen molar-refractivity contribution >= 4 is 27.3 Å². The van der Waals surface area contributed by atoms with E-state index in [0.717, 1.165) is 10.4 Å². The van der Waals surface area contributed by atoms with E-state index in [1.165, 1.54) is 12.1 Å². The van der Waals surface area contributed by atoms with Crippen LogP contribution in [-0.2, 0) is 16.4 Å². The maximum atomic E-state index is 12.8. The van der Waals surface area contributed by atoms with Crippen molar-refractivity contribution in [2.75, 3.05) is 13.6 Å². The zero-order valence-electron chi connectivity index (χ0n) is 16.3. The number of thiophene rings is 1. The van der Waals surface area contributed by atoms with E-state index in [4.69, 9.17) is 0 Å². The Hall–Kier alpha value is -2.55. The Balaban J connectivity index is 1.64. The minimum Gasteiger partial charge on any atom is -0.335 e. The van der Waals surface area contributed by atoms with Crippen LogP contribution in [0.5, 0.6) is 0 Å². The highest BCUT2D eigenvalue weighted by Gasteiger charge is 2.20. The van der Waals surface area contributed by atoms with E-state index >= 15 is 0 Å². The van der Waals surface area contributed by atoms with Crippen molar-refractivity contribution in [3.63, 3.8) is 0 Å². The first-order valence-electron chi connectivity index (χ1n) is 9.17. The third kappa shape index (κ3) is 5.29. The van der Waals surface area contributed by atoms with Crippen molar-refractivity contribution in [1.82, 2.24) is 14.6 Å². The van der Waals surface area contributed by atoms with E-state index in [0.29, 0.717) is 18.5 Å². The minimum atomic E-state index is -3.61. The van der Waals surface area contributed by atoms with Crippen molar-refractivity contribution in [2.24, 2.45) is 0 Å². The quantitative estimate of drug-likeness (QED) is 0.594. The van der Waals surface area contributed by atoms with Gasteiger partial charge in [-0.25, -0.2) is 13.1 Å². The van der Waals surface area contributed by atoms with E-state index in [-0.39, 0.29) is 16.8 Å². The maximum absolute atomic E-state index is 12.8. The highest BCUT2D eigenvalue weighted by molar-refractivity contribution is 7.89. The number of benzene rings is 1. The van der Waals surface area contributed by atoms with E-state index < -0.39 is 10.0 Å². The number of pyridine rings is 1. The van der Waals surface area contributed by atoms with Crippen molar-refractivity contribution in [1.29, 1.82) is 0 Å². The van der Waals surface area contributed by atoms with E-state index in [1.54, 1.807) is 47.8 Å². The van der Waals surface area contributed by atoms with Gasteiger partial charge in [0, 0.05) is 36.4 Å². The summed E-state index contributed by atoms with van der Waals surface area (Å²) in [5.74, 6) is -0.177. The van der Waals surface area contributed by atoms with E-state index in [2.05, 4.69) is 9.71 Å². The molecule has 2 heterocycles. The molecule has 0 bridgehead atoms. The lowest BCUT2D eigenvalue weighted by molar-refractivity contribution is 0.0742. The number of rotatable bonds is 8. The fourth-order valence-corrected chi connectivity index (χ4v) is 4.61. The molecule has 1 aromatic carbocycles. The summed E-state index contributed by atoms with van der Waals surface area (Å²) < 4.78 is 27.5. The summed E-state index contributed by atoms with van der Waals surface area (Å²) >= 11 is 1.60. The lowest BCUT2D eigenvalue weighted by atomic mass is 10.1. The molecule has 8 heteroatoms. The Morgan fingerprint density at radius 2 is 1.83 bits per heavy atom. The summed E-state index contributed by atoms with van der Waals surface area (Å²) in [4.78, 5) is 19.7. The zero-order valence-corrected chi connectivity index (χ0v) is 17.9. The largest absolute Gasteiger partial charge is 0.335 e. The van der Waals surface area contributed by atoms with E-state index in [1.807, 2.05) is 36.6 Å². The second kappa shape index (κ2) is 9.30. The lowest BCUT2D eigenvalue weighted by Gasteiger charge is -2.25. The van der Waals surface area contributed by atoms with Gasteiger partial charge < -0.3 is 4.90 Å². The molecule has 3 rings (SSSR count). The number of carbonyl (C=O) groups is 1. The molecule has 0 saturated carbocycles.